The standard InChI is InChI=1S/C13H27NO3/c1-3-14-13(2,11-15)7-5-8-16-10-12-6-4-9-17-12/h12,14-15H,3-11H2,1-2H3. The monoisotopic (exact) mass is 245 g/mol. The predicted molar refractivity (Wildman–Crippen MR) is 68.2 cm³/mol. The molecule has 1 aliphatic heterocycles. The molecule has 0 aromatic carbocycles. The van der Waals surface area contributed by atoms with E-state index in [4.69, 9.17) is 9.47 Å². The van der Waals surface area contributed by atoms with Crippen molar-refractivity contribution in [2.75, 3.05) is 33.0 Å². The maximum Gasteiger partial charge on any atom is 0.0809 e. The fourth-order valence-electron chi connectivity index (χ4n) is 2.21. The second-order valence-electron chi connectivity index (χ2n) is 5.06. The Labute approximate surface area is 105 Å². The van der Waals surface area contributed by atoms with Crippen LogP contribution >= 0.6 is 0 Å². The highest BCUT2D eigenvalue weighted by Crippen LogP contribution is 2.14. The van der Waals surface area contributed by atoms with Crippen molar-refractivity contribution < 1.29 is 14.6 Å². The van der Waals surface area contributed by atoms with Gasteiger partial charge in [0, 0.05) is 18.8 Å². The summed E-state index contributed by atoms with van der Waals surface area (Å²) in [6, 6.07) is 0. The van der Waals surface area contributed by atoms with Gasteiger partial charge in [0.05, 0.1) is 19.3 Å². The number of nitrogens with one attached hydrogen (secondary N) is 1. The Morgan fingerprint density at radius 3 is 2.94 bits per heavy atom. The van der Waals surface area contributed by atoms with Crippen LogP contribution in [-0.4, -0.2) is 49.7 Å². The summed E-state index contributed by atoms with van der Waals surface area (Å²) in [5.74, 6) is 0. The van der Waals surface area contributed by atoms with E-state index in [1.54, 1.807) is 0 Å². The summed E-state index contributed by atoms with van der Waals surface area (Å²) in [4.78, 5) is 0. The van der Waals surface area contributed by atoms with Crippen LogP contribution in [0.4, 0.5) is 0 Å². The van der Waals surface area contributed by atoms with E-state index < -0.39 is 0 Å². The minimum atomic E-state index is -0.165. The third kappa shape index (κ3) is 5.82. The van der Waals surface area contributed by atoms with Crippen LogP contribution < -0.4 is 5.32 Å². The van der Waals surface area contributed by atoms with Crippen LogP contribution in [0, 0.1) is 0 Å². The molecule has 2 unspecified atom stereocenters. The van der Waals surface area contributed by atoms with Gasteiger partial charge >= 0.3 is 0 Å². The lowest BCUT2D eigenvalue weighted by atomic mass is 9.97. The van der Waals surface area contributed by atoms with Crippen molar-refractivity contribution in [2.24, 2.45) is 0 Å². The lowest BCUT2D eigenvalue weighted by molar-refractivity contribution is 0.0138. The molecule has 1 fully saturated rings. The van der Waals surface area contributed by atoms with E-state index in [1.165, 1.54) is 0 Å². The van der Waals surface area contributed by atoms with Crippen molar-refractivity contribution in [2.45, 2.75) is 51.2 Å². The predicted octanol–water partition coefficient (Wildman–Crippen LogP) is 1.32. The van der Waals surface area contributed by atoms with E-state index in [-0.39, 0.29) is 12.1 Å². The van der Waals surface area contributed by atoms with Crippen molar-refractivity contribution >= 4 is 0 Å². The molecule has 102 valence electrons. The number of likely N-dealkylation sites (N-methyl/N-ethyl adjacent to an activating group) is 1. The molecule has 4 nitrogen and oxygen atoms in total. The first-order valence-electron chi connectivity index (χ1n) is 6.75. The Morgan fingerprint density at radius 2 is 2.35 bits per heavy atom. The first-order chi connectivity index (χ1) is 8.20. The molecule has 1 saturated heterocycles. The number of hydrogen-bond donors (Lipinski definition) is 2. The molecule has 0 amide bonds. The Morgan fingerprint density at radius 1 is 1.53 bits per heavy atom. The molecule has 4 heteroatoms. The van der Waals surface area contributed by atoms with Crippen molar-refractivity contribution in [1.29, 1.82) is 0 Å². The van der Waals surface area contributed by atoms with E-state index in [1.807, 2.05) is 0 Å². The zero-order chi connectivity index (χ0) is 12.6. The second-order valence-corrected chi connectivity index (χ2v) is 5.06. The third-order valence-electron chi connectivity index (χ3n) is 3.30. The van der Waals surface area contributed by atoms with Gasteiger partial charge in [0.25, 0.3) is 0 Å². The molecule has 2 N–H and O–H groups in total. The van der Waals surface area contributed by atoms with Crippen LogP contribution in [0.1, 0.15) is 39.5 Å². The Balaban J connectivity index is 2.01. The van der Waals surface area contributed by atoms with Gasteiger partial charge in [-0.2, -0.15) is 0 Å². The van der Waals surface area contributed by atoms with Gasteiger partial charge in [-0.3, -0.25) is 0 Å². The van der Waals surface area contributed by atoms with Crippen molar-refractivity contribution in [3.8, 4) is 0 Å². The van der Waals surface area contributed by atoms with Crippen molar-refractivity contribution in [3.63, 3.8) is 0 Å². The molecule has 0 aromatic heterocycles. The van der Waals surface area contributed by atoms with E-state index in [2.05, 4.69) is 19.2 Å². The quantitative estimate of drug-likeness (QED) is 0.602. The Hall–Kier alpha value is -0.160. The topological polar surface area (TPSA) is 50.7 Å². The fraction of sp³-hybridized carbons (Fsp3) is 1.00. The van der Waals surface area contributed by atoms with Gasteiger partial charge in [-0.05, 0) is 39.2 Å². The van der Waals surface area contributed by atoms with Gasteiger partial charge in [-0.1, -0.05) is 6.92 Å². The molecule has 17 heavy (non-hydrogen) atoms. The summed E-state index contributed by atoms with van der Waals surface area (Å²) in [6.07, 6.45) is 4.51. The van der Waals surface area contributed by atoms with Gasteiger partial charge < -0.3 is 19.9 Å². The molecule has 0 aliphatic carbocycles. The summed E-state index contributed by atoms with van der Waals surface area (Å²) in [5.41, 5.74) is -0.165. The summed E-state index contributed by atoms with van der Waals surface area (Å²) >= 11 is 0. The van der Waals surface area contributed by atoms with Crippen molar-refractivity contribution in [3.05, 3.63) is 0 Å². The number of hydrogen-bond acceptors (Lipinski definition) is 4. The molecule has 0 bridgehead atoms. The highest BCUT2D eigenvalue weighted by molar-refractivity contribution is 4.81. The van der Waals surface area contributed by atoms with Gasteiger partial charge in [-0.15, -0.1) is 0 Å². The number of rotatable bonds is 9. The summed E-state index contributed by atoms with van der Waals surface area (Å²) in [6.45, 7) is 7.52. The van der Waals surface area contributed by atoms with E-state index in [0.717, 1.165) is 52.0 Å². The molecule has 0 aromatic rings. The van der Waals surface area contributed by atoms with Gasteiger partial charge in [0.2, 0.25) is 0 Å². The van der Waals surface area contributed by atoms with E-state index in [0.29, 0.717) is 6.10 Å². The zero-order valence-corrected chi connectivity index (χ0v) is 11.2. The molecule has 0 saturated carbocycles. The SMILES string of the molecule is CCNC(C)(CO)CCCOCC1CCCO1. The minimum absolute atomic E-state index is 0.165. The average molecular weight is 245 g/mol. The van der Waals surface area contributed by atoms with E-state index >= 15 is 0 Å². The van der Waals surface area contributed by atoms with Crippen LogP contribution in [0.5, 0.6) is 0 Å². The highest BCUT2D eigenvalue weighted by Gasteiger charge is 2.21. The smallest absolute Gasteiger partial charge is 0.0809 e. The average Bonchev–Trinajstić information content (AvgIpc) is 2.82. The lowest BCUT2D eigenvalue weighted by Gasteiger charge is -2.28. The molecule has 2 atom stereocenters. The maximum absolute atomic E-state index is 9.32. The molecule has 1 aliphatic rings. The van der Waals surface area contributed by atoms with Crippen LogP contribution in [0.3, 0.4) is 0 Å². The van der Waals surface area contributed by atoms with Crippen LogP contribution in [0.25, 0.3) is 0 Å². The summed E-state index contributed by atoms with van der Waals surface area (Å²) < 4.78 is 11.1. The maximum atomic E-state index is 9.32. The third-order valence-corrected chi connectivity index (χ3v) is 3.30. The second kappa shape index (κ2) is 8.03. The van der Waals surface area contributed by atoms with Crippen molar-refractivity contribution in [1.82, 2.24) is 5.32 Å². The Bertz CT molecular complexity index is 195. The van der Waals surface area contributed by atoms with E-state index in [9.17, 15) is 5.11 Å². The molecule has 1 heterocycles. The Kier molecular flexibility index (Phi) is 7.04. The number of aliphatic hydroxyl groups is 1. The van der Waals surface area contributed by atoms with Gasteiger partial charge in [0.1, 0.15) is 0 Å². The van der Waals surface area contributed by atoms with Crippen LogP contribution in [0.2, 0.25) is 0 Å². The number of aliphatic hydroxyl groups excluding tert-OH is 1. The van der Waals surface area contributed by atoms with Crippen LogP contribution in [-0.2, 0) is 9.47 Å². The molecule has 0 radical (unpaired) electrons. The summed E-state index contributed by atoms with van der Waals surface area (Å²) in [5, 5.41) is 12.6. The molecule has 0 spiro atoms. The minimum Gasteiger partial charge on any atom is -0.394 e. The largest absolute Gasteiger partial charge is 0.394 e. The summed E-state index contributed by atoms with van der Waals surface area (Å²) in [7, 11) is 0. The highest BCUT2D eigenvalue weighted by atomic mass is 16.5. The molecule has 1 rings (SSSR count). The molecular weight excluding hydrogens is 218 g/mol. The van der Waals surface area contributed by atoms with Crippen LogP contribution in [0.15, 0.2) is 0 Å². The lowest BCUT2D eigenvalue weighted by Crippen LogP contribution is -2.45. The normalized spacial score (nSPS) is 23.8. The number of ether oxygens (including phenoxy) is 2. The fourth-order valence-corrected chi connectivity index (χ4v) is 2.21. The molecular formula is C13H27NO3. The first kappa shape index (κ1) is 14.9. The first-order valence-corrected chi connectivity index (χ1v) is 6.75. The van der Waals surface area contributed by atoms with Gasteiger partial charge in [-0.25, -0.2) is 0 Å². The zero-order valence-electron chi connectivity index (χ0n) is 11.2. The van der Waals surface area contributed by atoms with Gasteiger partial charge in [0.15, 0.2) is 0 Å².